The Kier molecular flexibility index (Phi) is 4.09. The predicted molar refractivity (Wildman–Crippen MR) is 63.2 cm³/mol. The molecule has 0 atom stereocenters. The maximum absolute atomic E-state index is 11.3. The summed E-state index contributed by atoms with van der Waals surface area (Å²) in [6, 6.07) is 3.14. The number of carbonyl (C=O) groups is 1. The first kappa shape index (κ1) is 14.2. The van der Waals surface area contributed by atoms with Gasteiger partial charge in [-0.1, -0.05) is 11.6 Å². The number of carboxylic acid groups (broad SMARTS) is 1. The Morgan fingerprint density at radius 3 is 2.61 bits per heavy atom. The maximum atomic E-state index is 11.3. The third-order valence-electron chi connectivity index (χ3n) is 1.74. The number of benzene rings is 1. The minimum Gasteiger partial charge on any atom is -0.480 e. The van der Waals surface area contributed by atoms with E-state index in [-0.39, 0.29) is 16.4 Å². The summed E-state index contributed by atoms with van der Waals surface area (Å²) in [5, 5.41) is 18.8. The topological polar surface area (TPSA) is 127 Å². The molecule has 0 saturated carbocycles. The molecule has 10 heteroatoms. The molecule has 8 nitrogen and oxygen atoms in total. The highest BCUT2D eigenvalue weighted by Crippen LogP contribution is 2.27. The Hall–Kier alpha value is -1.87. The summed E-state index contributed by atoms with van der Waals surface area (Å²) in [5.74, 6) is -2.71. The average Bonchev–Trinajstić information content (AvgIpc) is 2.18. The number of sulfonamides is 1. The lowest BCUT2D eigenvalue weighted by Gasteiger charge is -2.07. The van der Waals surface area contributed by atoms with E-state index in [0.29, 0.717) is 0 Å². The van der Waals surface area contributed by atoms with Crippen molar-refractivity contribution < 1.29 is 23.2 Å². The summed E-state index contributed by atoms with van der Waals surface area (Å²) in [5.41, 5.74) is -0.612. The summed E-state index contributed by atoms with van der Waals surface area (Å²) in [6.07, 6.45) is 0. The SMILES string of the molecule is O=C(O)CS(=O)(=O)Nc1cc([N+](=O)[O-])ccc1Cl. The number of hydrogen-bond acceptors (Lipinski definition) is 5. The van der Waals surface area contributed by atoms with Gasteiger partial charge in [-0.3, -0.25) is 19.6 Å². The van der Waals surface area contributed by atoms with Crippen LogP contribution in [0.15, 0.2) is 18.2 Å². The van der Waals surface area contributed by atoms with Crippen LogP contribution in [0.1, 0.15) is 0 Å². The molecule has 0 unspecified atom stereocenters. The number of nitrogens with zero attached hydrogens (tertiary/aromatic N) is 1. The second-order valence-corrected chi connectivity index (χ2v) is 5.31. The Balaban J connectivity index is 3.07. The minimum absolute atomic E-state index is 0.0745. The molecule has 0 amide bonds. The molecule has 0 heterocycles. The Morgan fingerprint density at radius 1 is 1.50 bits per heavy atom. The van der Waals surface area contributed by atoms with Crippen molar-refractivity contribution in [2.75, 3.05) is 10.5 Å². The number of hydrogen-bond donors (Lipinski definition) is 2. The fourth-order valence-electron chi connectivity index (χ4n) is 1.07. The summed E-state index contributed by atoms with van der Waals surface area (Å²) in [7, 11) is -4.16. The Morgan fingerprint density at radius 2 is 2.11 bits per heavy atom. The van der Waals surface area contributed by atoms with Crippen molar-refractivity contribution in [1.82, 2.24) is 0 Å². The number of rotatable bonds is 5. The van der Waals surface area contributed by atoms with Crippen molar-refractivity contribution in [3.8, 4) is 0 Å². The van der Waals surface area contributed by atoms with Crippen LogP contribution in [0.25, 0.3) is 0 Å². The number of nitro benzene ring substituents is 1. The third-order valence-corrected chi connectivity index (χ3v) is 3.23. The van der Waals surface area contributed by atoms with Crippen LogP contribution in [0.4, 0.5) is 11.4 Å². The van der Waals surface area contributed by atoms with Gasteiger partial charge < -0.3 is 5.11 Å². The highest BCUT2D eigenvalue weighted by molar-refractivity contribution is 7.93. The minimum atomic E-state index is -4.16. The van der Waals surface area contributed by atoms with E-state index in [2.05, 4.69) is 0 Å². The molecule has 0 bridgehead atoms. The van der Waals surface area contributed by atoms with E-state index >= 15 is 0 Å². The van der Waals surface area contributed by atoms with Gasteiger partial charge in [-0.15, -0.1) is 0 Å². The molecule has 0 fully saturated rings. The molecule has 0 saturated heterocycles. The van der Waals surface area contributed by atoms with E-state index < -0.39 is 26.7 Å². The van der Waals surface area contributed by atoms with Gasteiger partial charge >= 0.3 is 5.97 Å². The standard InChI is InChI=1S/C8H7ClN2O6S/c9-6-2-1-5(11(14)15)3-7(6)10-18(16,17)4-8(12)13/h1-3,10H,4H2,(H,12,13). The average molecular weight is 295 g/mol. The van der Waals surface area contributed by atoms with Crippen LogP contribution < -0.4 is 4.72 Å². The number of anilines is 1. The fourth-order valence-corrected chi connectivity index (χ4v) is 2.19. The third kappa shape index (κ3) is 3.86. The number of nitro groups is 1. The van der Waals surface area contributed by atoms with Gasteiger partial charge in [-0.25, -0.2) is 8.42 Å². The molecule has 18 heavy (non-hydrogen) atoms. The van der Waals surface area contributed by atoms with Crippen molar-refractivity contribution >= 4 is 39.0 Å². The molecule has 1 aromatic rings. The van der Waals surface area contributed by atoms with Gasteiger partial charge in [0.15, 0.2) is 5.75 Å². The summed E-state index contributed by atoms with van der Waals surface area (Å²) >= 11 is 5.65. The molecule has 0 radical (unpaired) electrons. The zero-order valence-electron chi connectivity index (χ0n) is 8.66. The Bertz CT molecular complexity index is 600. The van der Waals surface area contributed by atoms with E-state index in [1.54, 1.807) is 0 Å². The molecule has 0 aromatic heterocycles. The smallest absolute Gasteiger partial charge is 0.320 e. The van der Waals surface area contributed by atoms with Crippen molar-refractivity contribution in [2.24, 2.45) is 0 Å². The molecule has 1 rings (SSSR count). The largest absolute Gasteiger partial charge is 0.480 e. The van der Waals surface area contributed by atoms with Crippen molar-refractivity contribution in [2.45, 2.75) is 0 Å². The normalized spacial score (nSPS) is 10.9. The van der Waals surface area contributed by atoms with Crippen molar-refractivity contribution in [1.29, 1.82) is 0 Å². The fraction of sp³-hybridized carbons (Fsp3) is 0.125. The van der Waals surface area contributed by atoms with Gasteiger partial charge in [0.1, 0.15) is 0 Å². The highest BCUT2D eigenvalue weighted by atomic mass is 35.5. The lowest BCUT2D eigenvalue weighted by molar-refractivity contribution is -0.384. The van der Waals surface area contributed by atoms with E-state index in [1.807, 2.05) is 4.72 Å². The summed E-state index contributed by atoms with van der Waals surface area (Å²) in [4.78, 5) is 20.1. The van der Waals surface area contributed by atoms with Gasteiger partial charge in [0, 0.05) is 12.1 Å². The van der Waals surface area contributed by atoms with Gasteiger partial charge in [-0.2, -0.15) is 0 Å². The van der Waals surface area contributed by atoms with Crippen LogP contribution >= 0.6 is 11.6 Å². The predicted octanol–water partition coefficient (Wildman–Crippen LogP) is 1.07. The highest BCUT2D eigenvalue weighted by Gasteiger charge is 2.18. The second kappa shape index (κ2) is 5.19. The van der Waals surface area contributed by atoms with Gasteiger partial charge in [0.05, 0.1) is 15.6 Å². The van der Waals surface area contributed by atoms with E-state index in [0.717, 1.165) is 18.2 Å². The molecule has 98 valence electrons. The zero-order valence-corrected chi connectivity index (χ0v) is 10.2. The molecule has 1 aromatic carbocycles. The van der Waals surface area contributed by atoms with Crippen molar-refractivity contribution in [3.05, 3.63) is 33.3 Å². The first-order valence-electron chi connectivity index (χ1n) is 4.37. The van der Waals surface area contributed by atoms with Gasteiger partial charge in [0.2, 0.25) is 10.0 Å². The number of carboxylic acids is 1. The first-order chi connectivity index (χ1) is 8.21. The van der Waals surface area contributed by atoms with Crippen molar-refractivity contribution in [3.63, 3.8) is 0 Å². The number of non-ortho nitro benzene ring substituents is 1. The number of nitrogens with one attached hydrogen (secondary N) is 1. The summed E-state index contributed by atoms with van der Waals surface area (Å²) in [6.45, 7) is 0. The van der Waals surface area contributed by atoms with Crippen LogP contribution in [0.3, 0.4) is 0 Å². The molecule has 0 aliphatic rings. The molecule has 2 N–H and O–H groups in total. The van der Waals surface area contributed by atoms with Gasteiger partial charge in [0.25, 0.3) is 5.69 Å². The lowest BCUT2D eigenvalue weighted by Crippen LogP contribution is -2.22. The number of aliphatic carboxylic acids is 1. The van der Waals surface area contributed by atoms with Crippen LogP contribution in [-0.4, -0.2) is 30.2 Å². The summed E-state index contributed by atoms with van der Waals surface area (Å²) < 4.78 is 24.5. The Labute approximate surface area is 106 Å². The quantitative estimate of drug-likeness (QED) is 0.618. The molecule has 0 aliphatic heterocycles. The van der Waals surface area contributed by atoms with E-state index in [4.69, 9.17) is 16.7 Å². The van der Waals surface area contributed by atoms with E-state index in [1.165, 1.54) is 0 Å². The van der Waals surface area contributed by atoms with Gasteiger partial charge in [-0.05, 0) is 6.07 Å². The monoisotopic (exact) mass is 294 g/mol. The lowest BCUT2D eigenvalue weighted by atomic mass is 10.3. The first-order valence-corrected chi connectivity index (χ1v) is 6.40. The van der Waals surface area contributed by atoms with E-state index in [9.17, 15) is 23.3 Å². The molecular weight excluding hydrogens is 288 g/mol. The molecule has 0 spiro atoms. The zero-order chi connectivity index (χ0) is 13.9. The molecule has 0 aliphatic carbocycles. The number of halogens is 1. The molecular formula is C8H7ClN2O6S. The van der Waals surface area contributed by atoms with Crippen LogP contribution in [0.2, 0.25) is 5.02 Å². The van der Waals surface area contributed by atoms with Crippen LogP contribution in [0.5, 0.6) is 0 Å². The second-order valence-electron chi connectivity index (χ2n) is 3.18. The van der Waals surface area contributed by atoms with Crippen LogP contribution in [-0.2, 0) is 14.8 Å². The maximum Gasteiger partial charge on any atom is 0.320 e. The van der Waals surface area contributed by atoms with Crippen LogP contribution in [0, 0.1) is 10.1 Å².